The van der Waals surface area contributed by atoms with E-state index in [9.17, 15) is 4.79 Å². The molecule has 11 nitrogen and oxygen atoms in total. The molecule has 0 atom stereocenters. The van der Waals surface area contributed by atoms with Crippen LogP contribution >= 0.6 is 23.2 Å². The Balaban J connectivity index is 1.24. The number of nitrogens with zero attached hydrogens (tertiary/aromatic N) is 6. The Kier molecular flexibility index (Phi) is 8.37. The number of carbonyl (C=O) groups is 1. The first kappa shape index (κ1) is 28.7. The van der Waals surface area contributed by atoms with Gasteiger partial charge in [-0.2, -0.15) is 4.98 Å². The summed E-state index contributed by atoms with van der Waals surface area (Å²) in [4.78, 5) is 29.7. The fraction of sp³-hybridized carbons (Fsp3) is 0.393. The number of anilines is 3. The van der Waals surface area contributed by atoms with Gasteiger partial charge in [-0.05, 0) is 34.8 Å². The van der Waals surface area contributed by atoms with Crippen LogP contribution in [-0.4, -0.2) is 64.2 Å². The highest BCUT2D eigenvalue weighted by Gasteiger charge is 2.26. The largest absolute Gasteiger partial charge is 0.493 e. The summed E-state index contributed by atoms with van der Waals surface area (Å²) in [6.45, 7) is 8.75. The average molecular weight is 601 g/mol. The first-order valence-electron chi connectivity index (χ1n) is 13.1. The maximum absolute atomic E-state index is 12.5. The monoisotopic (exact) mass is 599 g/mol. The number of hydrogen-bond donors (Lipinski definition) is 1. The highest BCUT2D eigenvalue weighted by molar-refractivity contribution is 6.42. The number of amides is 1. The lowest BCUT2D eigenvalue weighted by Crippen LogP contribution is -2.49. The topological polar surface area (TPSA) is 119 Å². The van der Waals surface area contributed by atoms with Crippen LogP contribution in [0.4, 0.5) is 17.5 Å². The summed E-state index contributed by atoms with van der Waals surface area (Å²) in [5.41, 5.74) is 1.33. The second-order valence-electron chi connectivity index (χ2n) is 10.9. The number of rotatable bonds is 8. The molecule has 4 aromatic rings. The summed E-state index contributed by atoms with van der Waals surface area (Å²) in [7, 11) is 1.56. The zero-order valence-electron chi connectivity index (χ0n) is 23.3. The lowest BCUT2D eigenvalue weighted by Gasteiger charge is -2.35. The van der Waals surface area contributed by atoms with Crippen molar-refractivity contribution >= 4 is 57.5 Å². The Bertz CT molecular complexity index is 1550. The van der Waals surface area contributed by atoms with Gasteiger partial charge in [0.25, 0.3) is 11.8 Å². The molecule has 0 saturated carbocycles. The van der Waals surface area contributed by atoms with E-state index in [4.69, 9.17) is 37.2 Å². The van der Waals surface area contributed by atoms with Gasteiger partial charge in [0.15, 0.2) is 18.1 Å². The lowest BCUT2D eigenvalue weighted by atomic mass is 9.91. The van der Waals surface area contributed by atoms with Gasteiger partial charge in [-0.1, -0.05) is 44.0 Å². The van der Waals surface area contributed by atoms with Crippen molar-refractivity contribution in [2.45, 2.75) is 33.8 Å². The Hall–Kier alpha value is -3.83. The van der Waals surface area contributed by atoms with Crippen molar-refractivity contribution < 1.29 is 18.8 Å². The third kappa shape index (κ3) is 6.91. The van der Waals surface area contributed by atoms with Gasteiger partial charge >= 0.3 is 0 Å². The molecule has 216 valence electrons. The molecule has 13 heteroatoms. The van der Waals surface area contributed by atoms with Crippen molar-refractivity contribution in [2.24, 2.45) is 5.41 Å². The molecule has 1 amide bonds. The Morgan fingerprint density at radius 3 is 2.54 bits per heavy atom. The zero-order valence-corrected chi connectivity index (χ0v) is 24.8. The van der Waals surface area contributed by atoms with Crippen molar-refractivity contribution in [3.05, 3.63) is 52.6 Å². The number of carbonyl (C=O) groups excluding carboxylic acids is 1. The van der Waals surface area contributed by atoms with Crippen molar-refractivity contribution in [1.82, 2.24) is 25.0 Å². The van der Waals surface area contributed by atoms with E-state index >= 15 is 0 Å². The van der Waals surface area contributed by atoms with E-state index < -0.39 is 0 Å². The van der Waals surface area contributed by atoms with Gasteiger partial charge in [0, 0.05) is 49.7 Å². The quantitative estimate of drug-likeness (QED) is 0.268. The molecule has 5 rings (SSSR count). The normalized spacial score (nSPS) is 13.9. The number of piperazine rings is 1. The summed E-state index contributed by atoms with van der Waals surface area (Å²) in [5, 5.41) is 8.98. The minimum absolute atomic E-state index is 0.0388. The summed E-state index contributed by atoms with van der Waals surface area (Å²) >= 11 is 12.2. The molecular formula is C28H31Cl2N7O4. The van der Waals surface area contributed by atoms with Gasteiger partial charge in [-0.3, -0.25) is 4.79 Å². The second-order valence-corrected chi connectivity index (χ2v) is 11.7. The van der Waals surface area contributed by atoms with Crippen LogP contribution in [0, 0.1) is 5.41 Å². The van der Waals surface area contributed by atoms with Gasteiger partial charge in [0.05, 0.1) is 22.7 Å². The van der Waals surface area contributed by atoms with Crippen molar-refractivity contribution in [3.63, 3.8) is 0 Å². The summed E-state index contributed by atoms with van der Waals surface area (Å²) in [6.07, 6.45) is 1.98. The van der Waals surface area contributed by atoms with Crippen LogP contribution in [0.3, 0.4) is 0 Å². The molecule has 1 fully saturated rings. The zero-order chi connectivity index (χ0) is 29.1. The molecule has 1 aliphatic heterocycles. The smallest absolute Gasteiger partial charge is 0.266 e. The minimum atomic E-state index is -0.0388. The average Bonchev–Trinajstić information content (AvgIpc) is 3.42. The number of hydrogen-bond acceptors (Lipinski definition) is 10. The van der Waals surface area contributed by atoms with E-state index in [0.717, 1.165) is 11.1 Å². The number of nitrogens with one attached hydrogen (secondary N) is 1. The van der Waals surface area contributed by atoms with E-state index in [1.165, 1.54) is 6.33 Å². The molecule has 0 unspecified atom stereocenters. The molecule has 1 saturated heterocycles. The molecule has 0 spiro atoms. The van der Waals surface area contributed by atoms with E-state index in [0.29, 0.717) is 77.3 Å². The first-order chi connectivity index (χ1) is 19.6. The Morgan fingerprint density at radius 2 is 1.83 bits per heavy atom. The highest BCUT2D eigenvalue weighted by Crippen LogP contribution is 2.36. The maximum atomic E-state index is 12.5. The SMILES string of the molecule is COc1cc2c(Nc3ccc(Cl)c(Cl)c3)ncnc2cc1OCc1nc(N2CCN(C(=O)CC(C)(C)C)CC2)no1. The van der Waals surface area contributed by atoms with Crippen LogP contribution in [0.15, 0.2) is 41.2 Å². The number of aromatic nitrogens is 4. The molecule has 3 heterocycles. The number of benzene rings is 2. The van der Waals surface area contributed by atoms with Crippen LogP contribution < -0.4 is 19.7 Å². The number of ether oxygens (including phenoxy) is 2. The number of fused-ring (bicyclic) bond motifs is 1. The summed E-state index contributed by atoms with van der Waals surface area (Å²) in [6, 6.07) is 8.80. The standard InChI is InChI=1S/C28H31Cl2N7O4/c1-28(2,3)14-25(38)36-7-9-37(10-8-36)27-34-24(41-35-27)15-40-23-13-21-18(12-22(23)39-4)26(32-16-31-21)33-17-5-6-19(29)20(30)11-17/h5-6,11-13,16H,7-10,14-15H2,1-4H3,(H,31,32,33). The molecule has 2 aromatic heterocycles. The second kappa shape index (κ2) is 12.0. The van der Waals surface area contributed by atoms with E-state index in [2.05, 4.69) is 46.2 Å². The van der Waals surface area contributed by atoms with Crippen molar-refractivity contribution in [1.29, 1.82) is 0 Å². The van der Waals surface area contributed by atoms with E-state index in [-0.39, 0.29) is 17.9 Å². The third-order valence-electron chi connectivity index (χ3n) is 6.51. The Morgan fingerprint density at radius 1 is 1.05 bits per heavy atom. The molecule has 2 aromatic carbocycles. The lowest BCUT2D eigenvalue weighted by molar-refractivity contribution is -0.133. The number of methoxy groups -OCH3 is 1. The molecule has 0 radical (unpaired) electrons. The van der Waals surface area contributed by atoms with Gasteiger partial charge in [0.1, 0.15) is 12.1 Å². The van der Waals surface area contributed by atoms with Crippen LogP contribution in [0.25, 0.3) is 10.9 Å². The molecule has 1 N–H and O–H groups in total. The predicted octanol–water partition coefficient (Wildman–Crippen LogP) is 5.74. The van der Waals surface area contributed by atoms with Crippen LogP contribution in [0.2, 0.25) is 10.0 Å². The first-order valence-corrected chi connectivity index (χ1v) is 13.9. The third-order valence-corrected chi connectivity index (χ3v) is 7.25. The van der Waals surface area contributed by atoms with E-state index in [1.807, 2.05) is 15.9 Å². The van der Waals surface area contributed by atoms with Crippen molar-refractivity contribution in [3.8, 4) is 11.5 Å². The summed E-state index contributed by atoms with van der Waals surface area (Å²) in [5.74, 6) is 2.48. The van der Waals surface area contributed by atoms with Gasteiger partial charge in [-0.15, -0.1) is 0 Å². The Labute approximate surface area is 247 Å². The van der Waals surface area contributed by atoms with E-state index in [1.54, 1.807) is 31.4 Å². The fourth-order valence-electron chi connectivity index (χ4n) is 4.44. The molecule has 41 heavy (non-hydrogen) atoms. The maximum Gasteiger partial charge on any atom is 0.266 e. The number of halogens is 2. The summed E-state index contributed by atoms with van der Waals surface area (Å²) < 4.78 is 17.0. The van der Waals surface area contributed by atoms with Crippen LogP contribution in [0.5, 0.6) is 11.5 Å². The molecule has 1 aliphatic rings. The fourth-order valence-corrected chi connectivity index (χ4v) is 4.74. The van der Waals surface area contributed by atoms with Crippen LogP contribution in [0.1, 0.15) is 33.1 Å². The molecule has 0 bridgehead atoms. The van der Waals surface area contributed by atoms with Crippen LogP contribution in [-0.2, 0) is 11.4 Å². The van der Waals surface area contributed by atoms with Gasteiger partial charge < -0.3 is 29.1 Å². The van der Waals surface area contributed by atoms with Gasteiger partial charge in [0.2, 0.25) is 5.91 Å². The minimum Gasteiger partial charge on any atom is -0.493 e. The van der Waals surface area contributed by atoms with Crippen molar-refractivity contribution in [2.75, 3.05) is 43.5 Å². The highest BCUT2D eigenvalue weighted by atomic mass is 35.5. The van der Waals surface area contributed by atoms with Gasteiger partial charge in [-0.25, -0.2) is 9.97 Å². The predicted molar refractivity (Wildman–Crippen MR) is 157 cm³/mol. The molecular weight excluding hydrogens is 569 g/mol. The molecule has 0 aliphatic carbocycles.